The summed E-state index contributed by atoms with van der Waals surface area (Å²) in [6.07, 6.45) is -2.92. The van der Waals surface area contributed by atoms with Crippen LogP contribution in [0.15, 0.2) is 24.7 Å². The Morgan fingerprint density at radius 2 is 1.68 bits per heavy atom. The smallest absolute Gasteiger partial charge is 0.388 e. The number of phosphoric ester groups is 1. The van der Waals surface area contributed by atoms with Crippen LogP contribution < -0.4 is 5.32 Å². The standard InChI is InChI=1S/C10H17N2O13P3/c1-5-11-8(13)2-3-12(5)6-4-7(10(15)9(6)14)23-27(19,20)25-28(21,22)24-26(16,17)18/h2-3,6-7,9-10,14-15H,1,4H2,(H,11,13)(H,19,20)(H,21,22)(H2,16,17,18). The molecule has 0 spiro atoms. The number of carbonyl (C=O) groups is 1. The highest BCUT2D eigenvalue weighted by atomic mass is 31.3. The third-order valence-electron chi connectivity index (χ3n) is 3.61. The average Bonchev–Trinajstić information content (AvgIpc) is 2.71. The molecule has 0 aromatic carbocycles. The molecule has 2 aliphatic rings. The first kappa shape index (κ1) is 23.4. The number of aliphatic hydroxyl groups is 2. The number of amides is 1. The number of nitrogens with one attached hydrogen (secondary N) is 1. The number of rotatable bonds is 7. The van der Waals surface area contributed by atoms with Crippen molar-refractivity contribution in [3.05, 3.63) is 24.7 Å². The second kappa shape index (κ2) is 8.07. The molecule has 15 nitrogen and oxygen atoms in total. The van der Waals surface area contributed by atoms with Crippen LogP contribution in [0.5, 0.6) is 0 Å². The third-order valence-corrected chi connectivity index (χ3v) is 7.47. The van der Waals surface area contributed by atoms with E-state index in [1.54, 1.807) is 0 Å². The minimum absolute atomic E-state index is 0.0442. The van der Waals surface area contributed by atoms with Gasteiger partial charge in [-0.1, -0.05) is 6.58 Å². The fourth-order valence-electron chi connectivity index (χ4n) is 2.62. The second-order valence-electron chi connectivity index (χ2n) is 5.68. The highest BCUT2D eigenvalue weighted by Crippen LogP contribution is 2.67. The van der Waals surface area contributed by atoms with Gasteiger partial charge in [0.15, 0.2) is 0 Å². The fourth-order valence-corrected chi connectivity index (χ4v) is 5.83. The average molecular weight is 466 g/mol. The molecule has 0 aromatic rings. The van der Waals surface area contributed by atoms with Crippen LogP contribution in [0.25, 0.3) is 0 Å². The lowest BCUT2D eigenvalue weighted by Gasteiger charge is -2.33. The minimum atomic E-state index is -5.71. The zero-order valence-electron chi connectivity index (χ0n) is 13.7. The Bertz CT molecular complexity index is 823. The summed E-state index contributed by atoms with van der Waals surface area (Å²) in [5.74, 6) is -0.443. The predicted molar refractivity (Wildman–Crippen MR) is 87.4 cm³/mol. The van der Waals surface area contributed by atoms with Gasteiger partial charge in [0.05, 0.1) is 6.04 Å². The molecule has 0 saturated heterocycles. The van der Waals surface area contributed by atoms with Crippen molar-refractivity contribution >= 4 is 29.4 Å². The molecule has 7 N–H and O–H groups in total. The van der Waals surface area contributed by atoms with E-state index in [0.29, 0.717) is 0 Å². The molecule has 160 valence electrons. The van der Waals surface area contributed by atoms with Crippen molar-refractivity contribution in [1.82, 2.24) is 10.2 Å². The number of nitrogens with zero attached hydrogens (tertiary/aromatic N) is 1. The maximum atomic E-state index is 11.9. The highest BCUT2D eigenvalue weighted by Gasteiger charge is 2.50. The summed E-state index contributed by atoms with van der Waals surface area (Å²) < 4.78 is 45.5. The van der Waals surface area contributed by atoms with E-state index in [0.717, 1.165) is 6.08 Å². The Balaban J connectivity index is 2.09. The van der Waals surface area contributed by atoms with Crippen LogP contribution in [-0.2, 0) is 31.6 Å². The predicted octanol–water partition coefficient (Wildman–Crippen LogP) is -1.39. The summed E-state index contributed by atoms with van der Waals surface area (Å²) in [6, 6.07) is -0.975. The van der Waals surface area contributed by atoms with Crippen LogP contribution in [0.1, 0.15) is 6.42 Å². The van der Waals surface area contributed by atoms with E-state index in [1.807, 2.05) is 0 Å². The largest absolute Gasteiger partial charge is 0.490 e. The maximum Gasteiger partial charge on any atom is 0.490 e. The van der Waals surface area contributed by atoms with Crippen LogP contribution in [0.2, 0.25) is 0 Å². The van der Waals surface area contributed by atoms with Gasteiger partial charge in [0.1, 0.15) is 24.1 Å². The van der Waals surface area contributed by atoms with Gasteiger partial charge in [0, 0.05) is 18.7 Å². The third kappa shape index (κ3) is 6.04. The summed E-state index contributed by atoms with van der Waals surface area (Å²) in [7, 11) is -16.7. The van der Waals surface area contributed by atoms with Crippen LogP contribution in [0, 0.1) is 0 Å². The lowest BCUT2D eigenvalue weighted by atomic mass is 10.1. The maximum absolute atomic E-state index is 11.9. The van der Waals surface area contributed by atoms with Gasteiger partial charge >= 0.3 is 23.5 Å². The van der Waals surface area contributed by atoms with E-state index in [9.17, 15) is 33.6 Å². The Hall–Kier alpha value is -0.920. The van der Waals surface area contributed by atoms with E-state index < -0.39 is 53.7 Å². The highest BCUT2D eigenvalue weighted by molar-refractivity contribution is 7.66. The molecule has 1 aliphatic carbocycles. The number of hydrogen-bond acceptors (Lipinski definition) is 10. The van der Waals surface area contributed by atoms with Gasteiger partial charge in [-0.05, 0) is 0 Å². The quantitative estimate of drug-likeness (QED) is 0.214. The Morgan fingerprint density at radius 3 is 2.21 bits per heavy atom. The first-order valence-corrected chi connectivity index (χ1v) is 11.8. The normalized spacial score (nSPS) is 32.7. The molecule has 0 aromatic heterocycles. The van der Waals surface area contributed by atoms with Crippen LogP contribution in [0.4, 0.5) is 0 Å². The number of hydrogen-bond donors (Lipinski definition) is 7. The molecule has 18 heteroatoms. The van der Waals surface area contributed by atoms with Gasteiger partial charge in [-0.15, -0.1) is 0 Å². The Morgan fingerprint density at radius 1 is 1.07 bits per heavy atom. The number of phosphoric acid groups is 3. The van der Waals surface area contributed by atoms with Crippen molar-refractivity contribution < 1.29 is 61.4 Å². The second-order valence-corrected chi connectivity index (χ2v) is 10.1. The summed E-state index contributed by atoms with van der Waals surface area (Å²) >= 11 is 0. The summed E-state index contributed by atoms with van der Waals surface area (Å²) in [5, 5.41) is 22.5. The number of carbonyl (C=O) groups excluding carboxylic acids is 1. The van der Waals surface area contributed by atoms with Crippen molar-refractivity contribution in [3.8, 4) is 0 Å². The molecule has 0 radical (unpaired) electrons. The zero-order chi connectivity index (χ0) is 21.5. The molecule has 2 rings (SSSR count). The summed E-state index contributed by atoms with van der Waals surface area (Å²) in [6.45, 7) is 3.55. The first-order valence-electron chi connectivity index (χ1n) is 7.25. The SMILES string of the molecule is C=C1NC(=O)C=CN1C1CC(OP(=O)(O)OP(=O)(O)OP(=O)(O)O)C(O)C1O. The lowest BCUT2D eigenvalue weighted by Crippen LogP contribution is -2.45. The molecule has 1 aliphatic heterocycles. The Labute approximate surface area is 157 Å². The van der Waals surface area contributed by atoms with Gasteiger partial charge in [-0.3, -0.25) is 9.32 Å². The first-order chi connectivity index (χ1) is 12.6. The van der Waals surface area contributed by atoms with E-state index >= 15 is 0 Å². The molecular weight excluding hydrogens is 449 g/mol. The molecular formula is C10H17N2O13P3. The van der Waals surface area contributed by atoms with E-state index in [-0.39, 0.29) is 12.2 Å². The molecule has 1 fully saturated rings. The molecule has 1 amide bonds. The molecule has 1 heterocycles. The van der Waals surface area contributed by atoms with Gasteiger partial charge in [-0.2, -0.15) is 8.62 Å². The van der Waals surface area contributed by atoms with Gasteiger partial charge < -0.3 is 40.0 Å². The Kier molecular flexibility index (Phi) is 6.73. The topological polar surface area (TPSA) is 233 Å². The van der Waals surface area contributed by atoms with Crippen LogP contribution >= 0.6 is 23.5 Å². The van der Waals surface area contributed by atoms with E-state index in [1.165, 1.54) is 11.1 Å². The van der Waals surface area contributed by atoms with Gasteiger partial charge in [0.2, 0.25) is 0 Å². The minimum Gasteiger partial charge on any atom is -0.388 e. The molecule has 6 atom stereocenters. The van der Waals surface area contributed by atoms with E-state index in [2.05, 4.69) is 25.0 Å². The fraction of sp³-hybridized carbons (Fsp3) is 0.500. The van der Waals surface area contributed by atoms with Gasteiger partial charge in [-0.25, -0.2) is 13.7 Å². The van der Waals surface area contributed by atoms with Crippen molar-refractivity contribution in [2.45, 2.75) is 30.8 Å². The number of aliphatic hydroxyl groups excluding tert-OH is 2. The van der Waals surface area contributed by atoms with Crippen LogP contribution in [0.3, 0.4) is 0 Å². The molecule has 1 saturated carbocycles. The van der Waals surface area contributed by atoms with Crippen LogP contribution in [-0.4, -0.2) is 64.9 Å². The summed E-state index contributed by atoms with van der Waals surface area (Å²) in [5.41, 5.74) is 0. The van der Waals surface area contributed by atoms with Gasteiger partial charge in [0.25, 0.3) is 5.91 Å². The van der Waals surface area contributed by atoms with Crippen molar-refractivity contribution in [1.29, 1.82) is 0 Å². The molecule has 28 heavy (non-hydrogen) atoms. The zero-order valence-corrected chi connectivity index (χ0v) is 16.4. The molecule has 0 bridgehead atoms. The molecule has 6 unspecified atom stereocenters. The van der Waals surface area contributed by atoms with E-state index in [4.69, 9.17) is 14.7 Å². The van der Waals surface area contributed by atoms with Crippen molar-refractivity contribution in [3.63, 3.8) is 0 Å². The lowest BCUT2D eigenvalue weighted by molar-refractivity contribution is -0.116. The van der Waals surface area contributed by atoms with Crippen molar-refractivity contribution in [2.75, 3.05) is 0 Å². The van der Waals surface area contributed by atoms with Crippen molar-refractivity contribution in [2.24, 2.45) is 0 Å². The summed E-state index contributed by atoms with van der Waals surface area (Å²) in [4.78, 5) is 48.1. The monoisotopic (exact) mass is 466 g/mol.